The van der Waals surface area contributed by atoms with Gasteiger partial charge in [0.1, 0.15) is 5.39 Å². The predicted octanol–water partition coefficient (Wildman–Crippen LogP) is 4.67. The lowest BCUT2D eigenvalue weighted by molar-refractivity contribution is 0.559. The summed E-state index contributed by atoms with van der Waals surface area (Å²) in [5.41, 5.74) is 5.34. The Bertz CT molecular complexity index is 1420. The Morgan fingerprint density at radius 3 is 2.79 bits per heavy atom. The molecule has 0 atom stereocenters. The number of fused-ring (bicyclic) bond motifs is 2. The number of hydrogen-bond donors (Lipinski definition) is 2. The Hall–Kier alpha value is -2.97. The lowest BCUT2D eigenvalue weighted by Crippen LogP contribution is -2.23. The molecule has 1 aromatic carbocycles. The van der Waals surface area contributed by atoms with E-state index in [0.717, 1.165) is 43.7 Å². The summed E-state index contributed by atoms with van der Waals surface area (Å²) in [6.45, 7) is 8.53. The van der Waals surface area contributed by atoms with Gasteiger partial charge in [0.25, 0.3) is 5.56 Å². The van der Waals surface area contributed by atoms with Crippen molar-refractivity contribution in [1.29, 1.82) is 0 Å². The van der Waals surface area contributed by atoms with E-state index in [1.165, 1.54) is 16.0 Å². The smallest absolute Gasteiger partial charge is 0.278 e. The van der Waals surface area contributed by atoms with Gasteiger partial charge in [-0.2, -0.15) is 4.98 Å². The van der Waals surface area contributed by atoms with Crippen LogP contribution in [0, 0.1) is 0 Å². The second-order valence-electron chi connectivity index (χ2n) is 10.1. The maximum Gasteiger partial charge on any atom is 0.278 e. The molecule has 0 spiro atoms. The molecule has 2 aliphatic rings. The number of nitrogens with one attached hydrogen (secondary N) is 2. The summed E-state index contributed by atoms with van der Waals surface area (Å²) in [5, 5.41) is 9.47. The van der Waals surface area contributed by atoms with Gasteiger partial charge in [0, 0.05) is 28.7 Å². The number of rotatable bonds is 4. The average Bonchev–Trinajstić information content (AvgIpc) is 3.42. The normalized spacial score (nSPS) is 16.2. The molecule has 0 bridgehead atoms. The van der Waals surface area contributed by atoms with Crippen LogP contribution in [0.5, 0.6) is 0 Å². The van der Waals surface area contributed by atoms with Gasteiger partial charge in [0.05, 0.1) is 11.7 Å². The summed E-state index contributed by atoms with van der Waals surface area (Å²) in [4.78, 5) is 23.9. The summed E-state index contributed by atoms with van der Waals surface area (Å²) in [5.74, 6) is 0.499. The fourth-order valence-corrected chi connectivity index (χ4v) is 5.43. The Morgan fingerprint density at radius 1 is 1.18 bits per heavy atom. The molecule has 1 saturated carbocycles. The fourth-order valence-electron chi connectivity index (χ4n) is 4.47. The molecule has 0 radical (unpaired) electrons. The fraction of sp³-hybridized carbons (Fsp3) is 0.400. The molecule has 7 nitrogen and oxygen atoms in total. The molecule has 2 N–H and O–H groups in total. The van der Waals surface area contributed by atoms with E-state index in [4.69, 9.17) is 4.98 Å². The van der Waals surface area contributed by atoms with E-state index in [9.17, 15) is 4.79 Å². The monoisotopic (exact) mass is 460 g/mol. The van der Waals surface area contributed by atoms with E-state index in [0.29, 0.717) is 17.0 Å². The lowest BCUT2D eigenvalue weighted by Gasteiger charge is -2.18. The van der Waals surface area contributed by atoms with Gasteiger partial charge in [0.15, 0.2) is 5.65 Å². The highest BCUT2D eigenvalue weighted by molar-refractivity contribution is 7.10. The molecule has 0 amide bonds. The molecular formula is C25H28N6OS. The number of anilines is 2. The van der Waals surface area contributed by atoms with E-state index in [-0.39, 0.29) is 17.0 Å². The molecular weight excluding hydrogens is 432 g/mol. The molecule has 170 valence electrons. The molecule has 4 heterocycles. The van der Waals surface area contributed by atoms with Crippen molar-refractivity contribution < 1.29 is 0 Å². The Kier molecular flexibility index (Phi) is 4.71. The van der Waals surface area contributed by atoms with Crippen molar-refractivity contribution in [2.45, 2.75) is 58.0 Å². The highest BCUT2D eigenvalue weighted by Crippen LogP contribution is 2.37. The number of thiophene rings is 1. The number of nitrogens with zero attached hydrogens (tertiary/aromatic N) is 4. The van der Waals surface area contributed by atoms with Gasteiger partial charge >= 0.3 is 0 Å². The van der Waals surface area contributed by atoms with Crippen LogP contribution in [0.3, 0.4) is 0 Å². The second-order valence-corrected chi connectivity index (χ2v) is 11.0. The van der Waals surface area contributed by atoms with Gasteiger partial charge in [-0.1, -0.05) is 26.8 Å². The highest BCUT2D eigenvalue weighted by atomic mass is 32.1. The zero-order valence-electron chi connectivity index (χ0n) is 19.2. The first kappa shape index (κ1) is 20.6. The van der Waals surface area contributed by atoms with Crippen LogP contribution in [-0.2, 0) is 18.4 Å². The minimum Gasteiger partial charge on any atom is -0.324 e. The molecule has 4 aromatic rings. The van der Waals surface area contributed by atoms with Crippen molar-refractivity contribution in [3.05, 3.63) is 62.2 Å². The third-order valence-electron chi connectivity index (χ3n) is 6.43. The standard InChI is InChI=1S/C25H28N6OS/c1-25(2,3)21-11-19(14-33-21)30-22-20(23(32)31(30)18-6-7-18)13-27-24(29-22)28-17-5-4-15-8-9-26-12-16(15)10-17/h4-5,10-11,13-14,18,26H,6-9,12H2,1-3H3,(H,27,28,29). The summed E-state index contributed by atoms with van der Waals surface area (Å²) in [6.07, 6.45) is 4.76. The highest BCUT2D eigenvalue weighted by Gasteiger charge is 2.31. The third-order valence-corrected chi connectivity index (χ3v) is 7.78. The number of benzene rings is 1. The maximum atomic E-state index is 13.3. The maximum absolute atomic E-state index is 13.3. The van der Waals surface area contributed by atoms with Crippen LogP contribution < -0.4 is 16.2 Å². The van der Waals surface area contributed by atoms with E-state index in [1.807, 2.05) is 9.36 Å². The Morgan fingerprint density at radius 2 is 2.03 bits per heavy atom. The summed E-state index contributed by atoms with van der Waals surface area (Å²) < 4.78 is 3.88. The Labute approximate surface area is 196 Å². The van der Waals surface area contributed by atoms with Gasteiger partial charge in [-0.3, -0.25) is 4.79 Å². The van der Waals surface area contributed by atoms with Gasteiger partial charge in [-0.05, 0) is 60.5 Å². The predicted molar refractivity (Wildman–Crippen MR) is 133 cm³/mol. The molecule has 3 aromatic heterocycles. The van der Waals surface area contributed by atoms with Gasteiger partial charge in [-0.15, -0.1) is 11.3 Å². The first-order valence-corrected chi connectivity index (χ1v) is 12.5. The van der Waals surface area contributed by atoms with E-state index in [2.05, 4.69) is 66.0 Å². The SMILES string of the molecule is CC(C)(C)c1cc(-n2c3nc(Nc4ccc5c(c4)CNCC5)ncc3c(=O)n2C2CC2)cs1. The van der Waals surface area contributed by atoms with Crippen molar-refractivity contribution in [1.82, 2.24) is 24.6 Å². The average molecular weight is 461 g/mol. The first-order valence-electron chi connectivity index (χ1n) is 11.6. The molecule has 1 fully saturated rings. The topological polar surface area (TPSA) is 76.8 Å². The second kappa shape index (κ2) is 7.53. The molecule has 1 aliphatic carbocycles. The van der Waals surface area contributed by atoms with Crippen LogP contribution in [0.15, 0.2) is 40.6 Å². The van der Waals surface area contributed by atoms with Crippen molar-refractivity contribution in [2.75, 3.05) is 11.9 Å². The molecule has 6 rings (SSSR count). The van der Waals surface area contributed by atoms with Crippen LogP contribution >= 0.6 is 11.3 Å². The van der Waals surface area contributed by atoms with Crippen LogP contribution in [0.4, 0.5) is 11.6 Å². The number of hydrogen-bond acceptors (Lipinski definition) is 6. The zero-order valence-corrected chi connectivity index (χ0v) is 20.0. The van der Waals surface area contributed by atoms with Gasteiger partial charge in [-0.25, -0.2) is 14.3 Å². The largest absolute Gasteiger partial charge is 0.324 e. The van der Waals surface area contributed by atoms with E-state index >= 15 is 0 Å². The molecule has 0 saturated heterocycles. The molecule has 33 heavy (non-hydrogen) atoms. The van der Waals surface area contributed by atoms with Crippen LogP contribution in [-0.4, -0.2) is 25.9 Å². The van der Waals surface area contributed by atoms with E-state index in [1.54, 1.807) is 17.5 Å². The first-order chi connectivity index (χ1) is 15.9. The van der Waals surface area contributed by atoms with Crippen molar-refractivity contribution in [3.8, 4) is 5.69 Å². The minimum absolute atomic E-state index is 0.0117. The summed E-state index contributed by atoms with van der Waals surface area (Å²) >= 11 is 1.73. The van der Waals surface area contributed by atoms with Crippen molar-refractivity contribution >= 4 is 34.0 Å². The van der Waals surface area contributed by atoms with Gasteiger partial charge in [0.2, 0.25) is 5.95 Å². The Balaban J connectivity index is 1.44. The summed E-state index contributed by atoms with van der Waals surface area (Å²) in [6, 6.07) is 8.83. The van der Waals surface area contributed by atoms with E-state index < -0.39 is 0 Å². The zero-order chi connectivity index (χ0) is 22.7. The molecule has 1 aliphatic heterocycles. The van der Waals surface area contributed by atoms with Crippen LogP contribution in [0.1, 0.15) is 55.7 Å². The quantitative estimate of drug-likeness (QED) is 0.463. The third kappa shape index (κ3) is 3.67. The van der Waals surface area contributed by atoms with Crippen molar-refractivity contribution in [3.63, 3.8) is 0 Å². The number of aromatic nitrogens is 4. The van der Waals surface area contributed by atoms with Crippen molar-refractivity contribution in [2.24, 2.45) is 0 Å². The van der Waals surface area contributed by atoms with Crippen LogP contribution in [0.25, 0.3) is 16.7 Å². The molecule has 0 unspecified atom stereocenters. The lowest BCUT2D eigenvalue weighted by atomic mass is 9.95. The van der Waals surface area contributed by atoms with Gasteiger partial charge < -0.3 is 10.6 Å². The van der Waals surface area contributed by atoms with Crippen LogP contribution in [0.2, 0.25) is 0 Å². The minimum atomic E-state index is -0.0117. The summed E-state index contributed by atoms with van der Waals surface area (Å²) in [7, 11) is 0. The molecule has 8 heteroatoms.